The normalized spacial score (nSPS) is 10.3. The van der Waals surface area contributed by atoms with Crippen LogP contribution in [-0.2, 0) is 0 Å². The maximum atomic E-state index is 13.3. The molecular weight excluding hydrogens is 245 g/mol. The van der Waals surface area contributed by atoms with E-state index in [0.29, 0.717) is 11.3 Å². The van der Waals surface area contributed by atoms with Crippen molar-refractivity contribution in [3.8, 4) is 11.6 Å². The molecule has 0 unspecified atom stereocenters. The van der Waals surface area contributed by atoms with Gasteiger partial charge in [-0.25, -0.2) is 9.37 Å². The molecule has 0 fully saturated rings. The van der Waals surface area contributed by atoms with Crippen molar-refractivity contribution in [2.75, 3.05) is 5.73 Å². The van der Waals surface area contributed by atoms with E-state index in [-0.39, 0.29) is 22.7 Å². The van der Waals surface area contributed by atoms with Crippen LogP contribution in [0.5, 0.6) is 11.6 Å². The minimum absolute atomic E-state index is 0.0155. The van der Waals surface area contributed by atoms with Crippen molar-refractivity contribution in [3.05, 3.63) is 41.1 Å². The van der Waals surface area contributed by atoms with Crippen LogP contribution in [0.25, 0.3) is 0 Å². The number of anilines is 1. The zero-order chi connectivity index (χ0) is 12.4. The summed E-state index contributed by atoms with van der Waals surface area (Å²) < 4.78 is 18.6. The summed E-state index contributed by atoms with van der Waals surface area (Å²) >= 11 is 5.61. The molecule has 0 amide bonds. The van der Waals surface area contributed by atoms with E-state index in [1.54, 1.807) is 19.1 Å². The Kier molecular flexibility index (Phi) is 3.10. The van der Waals surface area contributed by atoms with Crippen LogP contribution < -0.4 is 10.5 Å². The van der Waals surface area contributed by atoms with Crippen molar-refractivity contribution in [1.29, 1.82) is 0 Å². The summed E-state index contributed by atoms with van der Waals surface area (Å²) in [5, 5.41) is 0.0155. The first-order valence-electron chi connectivity index (χ1n) is 4.78. The fourth-order valence-electron chi connectivity index (χ4n) is 1.19. The highest BCUT2D eigenvalue weighted by Gasteiger charge is 2.07. The smallest absolute Gasteiger partial charge is 0.247 e. The van der Waals surface area contributed by atoms with Gasteiger partial charge in [-0.1, -0.05) is 6.07 Å². The Bertz CT molecular complexity index is 562. The van der Waals surface area contributed by atoms with Gasteiger partial charge in [0.2, 0.25) is 11.2 Å². The standard InChI is InChI=1S/C11H9ClFN3O/c1-6-2-3-7(4-8(6)13)17-10-9(14)5-15-11(12)16-10/h2-5H,14H2,1H3. The van der Waals surface area contributed by atoms with Gasteiger partial charge < -0.3 is 10.5 Å². The third-order valence-electron chi connectivity index (χ3n) is 2.11. The average Bonchev–Trinajstić information content (AvgIpc) is 2.29. The highest BCUT2D eigenvalue weighted by atomic mass is 35.5. The van der Waals surface area contributed by atoms with Crippen molar-refractivity contribution < 1.29 is 9.13 Å². The van der Waals surface area contributed by atoms with Crippen molar-refractivity contribution in [1.82, 2.24) is 9.97 Å². The maximum Gasteiger partial charge on any atom is 0.247 e. The number of aromatic nitrogens is 2. The molecular formula is C11H9ClFN3O. The molecule has 0 saturated carbocycles. The van der Waals surface area contributed by atoms with E-state index < -0.39 is 0 Å². The Morgan fingerprint density at radius 1 is 1.41 bits per heavy atom. The topological polar surface area (TPSA) is 61.0 Å². The highest BCUT2D eigenvalue weighted by molar-refractivity contribution is 6.28. The van der Waals surface area contributed by atoms with Gasteiger partial charge in [-0.3, -0.25) is 0 Å². The van der Waals surface area contributed by atoms with Crippen LogP contribution in [0.3, 0.4) is 0 Å². The van der Waals surface area contributed by atoms with Crippen LogP contribution in [0.2, 0.25) is 5.28 Å². The van der Waals surface area contributed by atoms with E-state index in [4.69, 9.17) is 22.1 Å². The number of halogens is 2. The molecule has 1 aromatic heterocycles. The minimum Gasteiger partial charge on any atom is -0.437 e. The van der Waals surface area contributed by atoms with Crippen LogP contribution in [0, 0.1) is 12.7 Å². The van der Waals surface area contributed by atoms with Gasteiger partial charge in [0.15, 0.2) is 0 Å². The minimum atomic E-state index is -0.360. The van der Waals surface area contributed by atoms with Crippen molar-refractivity contribution in [3.63, 3.8) is 0 Å². The Hall–Kier alpha value is -1.88. The van der Waals surface area contributed by atoms with E-state index in [1.165, 1.54) is 12.3 Å². The molecule has 0 saturated heterocycles. The lowest BCUT2D eigenvalue weighted by molar-refractivity contribution is 0.459. The molecule has 2 aromatic rings. The molecule has 6 heteroatoms. The zero-order valence-electron chi connectivity index (χ0n) is 8.95. The molecule has 0 aliphatic heterocycles. The third kappa shape index (κ3) is 2.62. The van der Waals surface area contributed by atoms with Crippen molar-refractivity contribution in [2.45, 2.75) is 6.92 Å². The third-order valence-corrected chi connectivity index (χ3v) is 2.29. The van der Waals surface area contributed by atoms with Crippen molar-refractivity contribution >= 4 is 17.3 Å². The Balaban J connectivity index is 2.31. The van der Waals surface area contributed by atoms with Crippen LogP contribution >= 0.6 is 11.6 Å². The summed E-state index contributed by atoms with van der Waals surface area (Å²) in [7, 11) is 0. The van der Waals surface area contributed by atoms with E-state index in [0.717, 1.165) is 0 Å². The van der Waals surface area contributed by atoms with Crippen LogP contribution in [0.15, 0.2) is 24.4 Å². The molecule has 0 radical (unpaired) electrons. The summed E-state index contributed by atoms with van der Waals surface area (Å²) in [5.74, 6) is 0.0454. The SMILES string of the molecule is Cc1ccc(Oc2nc(Cl)ncc2N)cc1F. The first kappa shape index (κ1) is 11.6. The molecule has 88 valence electrons. The average molecular weight is 254 g/mol. The predicted octanol–water partition coefficient (Wildman–Crippen LogP) is 2.95. The Morgan fingerprint density at radius 2 is 2.18 bits per heavy atom. The summed E-state index contributed by atoms with van der Waals surface area (Å²) in [6.07, 6.45) is 1.33. The first-order chi connectivity index (χ1) is 8.06. The monoisotopic (exact) mass is 253 g/mol. The summed E-state index contributed by atoms with van der Waals surface area (Å²) in [4.78, 5) is 7.49. The Labute approximate surface area is 102 Å². The maximum absolute atomic E-state index is 13.3. The quantitative estimate of drug-likeness (QED) is 0.836. The number of aryl methyl sites for hydroxylation is 1. The second kappa shape index (κ2) is 4.55. The molecule has 0 aliphatic rings. The summed E-state index contributed by atoms with van der Waals surface area (Å²) in [6, 6.07) is 4.47. The van der Waals surface area contributed by atoms with Gasteiger partial charge >= 0.3 is 0 Å². The number of nitrogens with two attached hydrogens (primary N) is 1. The first-order valence-corrected chi connectivity index (χ1v) is 5.16. The van der Waals surface area contributed by atoms with Gasteiger partial charge in [-0.15, -0.1) is 0 Å². The zero-order valence-corrected chi connectivity index (χ0v) is 9.70. The number of hydrogen-bond acceptors (Lipinski definition) is 4. The number of nitrogen functional groups attached to an aromatic ring is 1. The lowest BCUT2D eigenvalue weighted by Gasteiger charge is -2.07. The van der Waals surface area contributed by atoms with E-state index >= 15 is 0 Å². The molecule has 4 nitrogen and oxygen atoms in total. The van der Waals surface area contributed by atoms with Gasteiger partial charge in [-0.2, -0.15) is 4.98 Å². The molecule has 0 aliphatic carbocycles. The number of hydrogen-bond donors (Lipinski definition) is 1. The van der Waals surface area contributed by atoms with Crippen LogP contribution in [0.1, 0.15) is 5.56 Å². The molecule has 1 aromatic carbocycles. The highest BCUT2D eigenvalue weighted by Crippen LogP contribution is 2.26. The van der Waals surface area contributed by atoms with Crippen LogP contribution in [-0.4, -0.2) is 9.97 Å². The summed E-state index contributed by atoms with van der Waals surface area (Å²) in [6.45, 7) is 1.66. The second-order valence-corrected chi connectivity index (χ2v) is 3.75. The van der Waals surface area contributed by atoms with E-state index in [2.05, 4.69) is 9.97 Å². The van der Waals surface area contributed by atoms with E-state index in [1.807, 2.05) is 0 Å². The van der Waals surface area contributed by atoms with Gasteiger partial charge in [-0.05, 0) is 30.2 Å². The number of ether oxygens (including phenoxy) is 1. The summed E-state index contributed by atoms with van der Waals surface area (Å²) in [5.41, 5.74) is 6.37. The molecule has 1 heterocycles. The van der Waals surface area contributed by atoms with Gasteiger partial charge in [0, 0.05) is 6.07 Å². The Morgan fingerprint density at radius 3 is 2.88 bits per heavy atom. The molecule has 2 rings (SSSR count). The lowest BCUT2D eigenvalue weighted by Crippen LogP contribution is -1.97. The lowest BCUT2D eigenvalue weighted by atomic mass is 10.2. The molecule has 0 atom stereocenters. The number of nitrogens with zero attached hydrogens (tertiary/aromatic N) is 2. The van der Waals surface area contributed by atoms with E-state index in [9.17, 15) is 4.39 Å². The molecule has 0 spiro atoms. The fourth-order valence-corrected chi connectivity index (χ4v) is 1.31. The van der Waals surface area contributed by atoms with Crippen LogP contribution in [0.4, 0.5) is 10.1 Å². The van der Waals surface area contributed by atoms with Gasteiger partial charge in [0.1, 0.15) is 17.3 Å². The number of rotatable bonds is 2. The molecule has 2 N–H and O–H groups in total. The van der Waals surface area contributed by atoms with Crippen molar-refractivity contribution in [2.24, 2.45) is 0 Å². The number of benzene rings is 1. The second-order valence-electron chi connectivity index (χ2n) is 3.41. The largest absolute Gasteiger partial charge is 0.437 e. The van der Waals surface area contributed by atoms with Gasteiger partial charge in [0.05, 0.1) is 6.20 Å². The molecule has 0 bridgehead atoms. The molecule has 17 heavy (non-hydrogen) atoms. The fraction of sp³-hybridized carbons (Fsp3) is 0.0909. The predicted molar refractivity (Wildman–Crippen MR) is 62.7 cm³/mol. The van der Waals surface area contributed by atoms with Gasteiger partial charge in [0.25, 0.3) is 0 Å².